The molecule has 0 N–H and O–H groups in total. The van der Waals surface area contributed by atoms with Crippen LogP contribution in [0.1, 0.15) is 50.2 Å². The SMILES string of the molecule is C[C@@H]1CCCN(C(=O)c2cc3c(s2)CCN(C(=O)c2ccccc2)C3)C1. The van der Waals surface area contributed by atoms with Crippen molar-refractivity contribution in [3.63, 3.8) is 0 Å². The molecule has 0 aliphatic carbocycles. The highest BCUT2D eigenvalue weighted by Gasteiger charge is 2.28. The van der Waals surface area contributed by atoms with Gasteiger partial charge in [0.05, 0.1) is 4.88 Å². The Kier molecular flexibility index (Phi) is 4.81. The van der Waals surface area contributed by atoms with Gasteiger partial charge in [0.25, 0.3) is 11.8 Å². The summed E-state index contributed by atoms with van der Waals surface area (Å²) in [4.78, 5) is 31.5. The van der Waals surface area contributed by atoms with Crippen LogP contribution in [0.15, 0.2) is 36.4 Å². The Balaban J connectivity index is 1.49. The van der Waals surface area contributed by atoms with Gasteiger partial charge in [-0.05, 0) is 48.9 Å². The highest BCUT2D eigenvalue weighted by molar-refractivity contribution is 7.14. The van der Waals surface area contributed by atoms with Crippen LogP contribution < -0.4 is 0 Å². The average Bonchev–Trinajstić information content (AvgIpc) is 3.10. The van der Waals surface area contributed by atoms with E-state index in [2.05, 4.69) is 6.92 Å². The summed E-state index contributed by atoms with van der Waals surface area (Å²) in [5.74, 6) is 0.818. The lowest BCUT2D eigenvalue weighted by Gasteiger charge is -2.30. The van der Waals surface area contributed by atoms with Crippen LogP contribution in [0.2, 0.25) is 0 Å². The highest BCUT2D eigenvalue weighted by atomic mass is 32.1. The third kappa shape index (κ3) is 3.40. The van der Waals surface area contributed by atoms with E-state index in [-0.39, 0.29) is 11.8 Å². The molecule has 2 amide bonds. The fourth-order valence-electron chi connectivity index (χ4n) is 3.90. The van der Waals surface area contributed by atoms with Gasteiger partial charge in [0, 0.05) is 36.6 Å². The molecule has 5 heteroatoms. The second-order valence-corrected chi connectivity index (χ2v) is 8.54. The van der Waals surface area contributed by atoms with Crippen LogP contribution in [0.5, 0.6) is 0 Å². The third-order valence-electron chi connectivity index (χ3n) is 5.33. The number of fused-ring (bicyclic) bond motifs is 1. The van der Waals surface area contributed by atoms with Gasteiger partial charge in [0.1, 0.15) is 0 Å². The molecular weight excluding hydrogens is 344 g/mol. The van der Waals surface area contributed by atoms with E-state index in [0.717, 1.165) is 48.5 Å². The van der Waals surface area contributed by atoms with Crippen LogP contribution in [0.4, 0.5) is 0 Å². The largest absolute Gasteiger partial charge is 0.338 e. The first kappa shape index (κ1) is 17.3. The Morgan fingerprint density at radius 1 is 1.08 bits per heavy atom. The molecule has 2 aromatic rings. The molecule has 0 spiro atoms. The number of rotatable bonds is 2. The van der Waals surface area contributed by atoms with Crippen LogP contribution in [0.3, 0.4) is 0 Å². The van der Waals surface area contributed by atoms with Crippen molar-refractivity contribution >= 4 is 23.2 Å². The van der Waals surface area contributed by atoms with Gasteiger partial charge in [0.2, 0.25) is 0 Å². The molecule has 26 heavy (non-hydrogen) atoms. The maximum atomic E-state index is 12.9. The minimum absolute atomic E-state index is 0.0696. The molecule has 2 aliphatic heterocycles. The number of carbonyl (C=O) groups excluding carboxylic acids is 2. The van der Waals surface area contributed by atoms with E-state index in [9.17, 15) is 9.59 Å². The molecule has 136 valence electrons. The Hall–Kier alpha value is -2.14. The molecule has 1 fully saturated rings. The van der Waals surface area contributed by atoms with Crippen LogP contribution in [-0.4, -0.2) is 41.2 Å². The summed E-state index contributed by atoms with van der Waals surface area (Å²) in [5, 5.41) is 0. The van der Waals surface area contributed by atoms with Crippen LogP contribution in [-0.2, 0) is 13.0 Å². The first-order valence-electron chi connectivity index (χ1n) is 9.37. The zero-order chi connectivity index (χ0) is 18.1. The van der Waals surface area contributed by atoms with E-state index < -0.39 is 0 Å². The van der Waals surface area contributed by atoms with E-state index in [1.807, 2.05) is 46.2 Å². The lowest BCUT2D eigenvalue weighted by Crippen LogP contribution is -2.38. The zero-order valence-electron chi connectivity index (χ0n) is 15.1. The number of hydrogen-bond acceptors (Lipinski definition) is 3. The van der Waals surface area contributed by atoms with Gasteiger partial charge >= 0.3 is 0 Å². The fourth-order valence-corrected chi connectivity index (χ4v) is 5.04. The molecular formula is C21H24N2O2S. The lowest BCUT2D eigenvalue weighted by molar-refractivity contribution is 0.0687. The normalized spacial score (nSPS) is 20.0. The number of benzene rings is 1. The smallest absolute Gasteiger partial charge is 0.263 e. The van der Waals surface area contributed by atoms with Crippen molar-refractivity contribution in [3.05, 3.63) is 57.3 Å². The van der Waals surface area contributed by atoms with Crippen molar-refractivity contribution < 1.29 is 9.59 Å². The van der Waals surface area contributed by atoms with E-state index in [1.165, 1.54) is 11.3 Å². The van der Waals surface area contributed by atoms with E-state index >= 15 is 0 Å². The number of hydrogen-bond donors (Lipinski definition) is 0. The van der Waals surface area contributed by atoms with Crippen molar-refractivity contribution in [2.45, 2.75) is 32.7 Å². The number of likely N-dealkylation sites (tertiary alicyclic amines) is 1. The summed E-state index contributed by atoms with van der Waals surface area (Å²) in [6.45, 7) is 5.26. The summed E-state index contributed by atoms with van der Waals surface area (Å²) in [7, 11) is 0. The van der Waals surface area contributed by atoms with E-state index in [0.29, 0.717) is 12.5 Å². The number of amides is 2. The van der Waals surface area contributed by atoms with Gasteiger partial charge in [-0.25, -0.2) is 0 Å². The zero-order valence-corrected chi connectivity index (χ0v) is 15.9. The van der Waals surface area contributed by atoms with E-state index in [4.69, 9.17) is 0 Å². The maximum absolute atomic E-state index is 12.9. The lowest BCUT2D eigenvalue weighted by atomic mass is 10.00. The summed E-state index contributed by atoms with van der Waals surface area (Å²) < 4.78 is 0. The van der Waals surface area contributed by atoms with Crippen LogP contribution >= 0.6 is 11.3 Å². The Morgan fingerprint density at radius 3 is 2.65 bits per heavy atom. The van der Waals surface area contributed by atoms with Crippen LogP contribution in [0, 0.1) is 5.92 Å². The second-order valence-electron chi connectivity index (χ2n) is 7.40. The second kappa shape index (κ2) is 7.23. The number of thiophene rings is 1. The predicted octanol–water partition coefficient (Wildman–Crippen LogP) is 3.82. The molecule has 2 aliphatic rings. The molecule has 1 saturated heterocycles. The Morgan fingerprint density at radius 2 is 1.88 bits per heavy atom. The summed E-state index contributed by atoms with van der Waals surface area (Å²) in [6, 6.07) is 11.4. The third-order valence-corrected chi connectivity index (χ3v) is 6.55. The molecule has 0 saturated carbocycles. The monoisotopic (exact) mass is 368 g/mol. The fraction of sp³-hybridized carbons (Fsp3) is 0.429. The predicted molar refractivity (Wildman–Crippen MR) is 104 cm³/mol. The Labute approximate surface area is 158 Å². The molecule has 4 nitrogen and oxygen atoms in total. The molecule has 3 heterocycles. The van der Waals surface area contributed by atoms with Gasteiger partial charge in [-0.1, -0.05) is 25.1 Å². The van der Waals surface area contributed by atoms with Crippen molar-refractivity contribution in [2.75, 3.05) is 19.6 Å². The summed E-state index contributed by atoms with van der Waals surface area (Å²) in [5.41, 5.74) is 1.86. The quantitative estimate of drug-likeness (QED) is 0.809. The minimum Gasteiger partial charge on any atom is -0.338 e. The average molecular weight is 369 g/mol. The van der Waals surface area contributed by atoms with Crippen molar-refractivity contribution in [3.8, 4) is 0 Å². The molecule has 1 aromatic heterocycles. The highest BCUT2D eigenvalue weighted by Crippen LogP contribution is 2.30. The molecule has 4 rings (SSSR count). The first-order chi connectivity index (χ1) is 12.6. The summed E-state index contributed by atoms with van der Waals surface area (Å²) in [6.07, 6.45) is 3.14. The van der Waals surface area contributed by atoms with E-state index in [1.54, 1.807) is 11.3 Å². The molecule has 0 bridgehead atoms. The van der Waals surface area contributed by atoms with Crippen molar-refractivity contribution in [1.29, 1.82) is 0 Å². The molecule has 0 radical (unpaired) electrons. The summed E-state index contributed by atoms with van der Waals surface area (Å²) >= 11 is 1.62. The topological polar surface area (TPSA) is 40.6 Å². The maximum Gasteiger partial charge on any atom is 0.263 e. The van der Waals surface area contributed by atoms with Crippen LogP contribution in [0.25, 0.3) is 0 Å². The van der Waals surface area contributed by atoms with Crippen molar-refractivity contribution in [1.82, 2.24) is 9.80 Å². The molecule has 1 atom stereocenters. The number of carbonyl (C=O) groups is 2. The van der Waals surface area contributed by atoms with Crippen molar-refractivity contribution in [2.24, 2.45) is 5.92 Å². The van der Waals surface area contributed by atoms with Gasteiger partial charge in [0.15, 0.2) is 0 Å². The van der Waals surface area contributed by atoms with Gasteiger partial charge in [-0.2, -0.15) is 0 Å². The van der Waals surface area contributed by atoms with Gasteiger partial charge < -0.3 is 9.80 Å². The number of piperidine rings is 1. The number of nitrogens with zero attached hydrogens (tertiary/aromatic N) is 2. The van der Waals surface area contributed by atoms with Gasteiger partial charge in [-0.3, -0.25) is 9.59 Å². The molecule has 0 unspecified atom stereocenters. The minimum atomic E-state index is 0.0696. The molecule has 1 aromatic carbocycles. The standard InChI is InChI=1S/C21H24N2O2S/c1-15-6-5-10-22(13-15)21(25)19-12-17-14-23(11-9-18(17)26-19)20(24)16-7-3-2-4-8-16/h2-4,7-8,12,15H,5-6,9-11,13-14H2,1H3/t15-/m1/s1. The Bertz CT molecular complexity index is 815. The first-order valence-corrected chi connectivity index (χ1v) is 10.2. The van der Waals surface area contributed by atoms with Gasteiger partial charge in [-0.15, -0.1) is 11.3 Å².